The Morgan fingerprint density at radius 1 is 1.34 bits per heavy atom. The van der Waals surface area contributed by atoms with Crippen LogP contribution in [0.5, 0.6) is 0 Å². The van der Waals surface area contributed by atoms with E-state index in [0.29, 0.717) is 43.3 Å². The van der Waals surface area contributed by atoms with Gasteiger partial charge in [0.1, 0.15) is 11.4 Å². The van der Waals surface area contributed by atoms with Gasteiger partial charge in [-0.15, -0.1) is 0 Å². The van der Waals surface area contributed by atoms with Gasteiger partial charge in [-0.25, -0.2) is 9.97 Å². The molecule has 1 atom stereocenters. The molecule has 1 fully saturated rings. The van der Waals surface area contributed by atoms with Crippen molar-refractivity contribution < 1.29 is 14.3 Å². The van der Waals surface area contributed by atoms with Gasteiger partial charge in [0.25, 0.3) is 5.91 Å². The summed E-state index contributed by atoms with van der Waals surface area (Å²) < 4.78 is 6.77. The normalized spacial score (nSPS) is 21.2. The SMILES string of the molecule is COCCN1C(=O)Cc2c(C)nc(C3(C)CCCN3C(=O)c3cnn(C)c3)nc21. The molecule has 0 aromatic carbocycles. The molecule has 0 bridgehead atoms. The van der Waals surface area contributed by atoms with Crippen LogP contribution in [0.4, 0.5) is 5.82 Å². The van der Waals surface area contributed by atoms with Crippen LogP contribution in [0, 0.1) is 6.92 Å². The van der Waals surface area contributed by atoms with E-state index in [2.05, 4.69) is 5.10 Å². The van der Waals surface area contributed by atoms with Crippen LogP contribution >= 0.6 is 0 Å². The van der Waals surface area contributed by atoms with Crippen molar-refractivity contribution in [3.8, 4) is 0 Å². The number of aromatic nitrogens is 4. The lowest BCUT2D eigenvalue weighted by atomic mass is 9.96. The molecule has 29 heavy (non-hydrogen) atoms. The maximum absolute atomic E-state index is 13.2. The summed E-state index contributed by atoms with van der Waals surface area (Å²) >= 11 is 0. The molecule has 2 amide bonds. The van der Waals surface area contributed by atoms with Crippen molar-refractivity contribution in [3.63, 3.8) is 0 Å². The van der Waals surface area contributed by atoms with Crippen LogP contribution in [0.1, 0.15) is 47.2 Å². The number of anilines is 1. The van der Waals surface area contributed by atoms with E-state index in [1.54, 1.807) is 36.1 Å². The van der Waals surface area contributed by atoms with Gasteiger partial charge in [0.2, 0.25) is 5.91 Å². The van der Waals surface area contributed by atoms with E-state index in [1.807, 2.05) is 18.7 Å². The molecule has 4 rings (SSSR count). The van der Waals surface area contributed by atoms with Crippen molar-refractivity contribution in [3.05, 3.63) is 35.0 Å². The van der Waals surface area contributed by atoms with E-state index < -0.39 is 5.54 Å². The first-order valence-electron chi connectivity index (χ1n) is 9.83. The Morgan fingerprint density at radius 3 is 2.83 bits per heavy atom. The quantitative estimate of drug-likeness (QED) is 0.751. The number of amides is 2. The number of nitrogens with zero attached hydrogens (tertiary/aromatic N) is 6. The van der Waals surface area contributed by atoms with Crippen molar-refractivity contribution in [2.45, 2.75) is 38.6 Å². The third kappa shape index (κ3) is 3.19. The molecule has 0 radical (unpaired) electrons. The van der Waals surface area contributed by atoms with Gasteiger partial charge in [0.15, 0.2) is 5.82 Å². The number of methoxy groups -OCH3 is 1. The molecule has 0 saturated carbocycles. The van der Waals surface area contributed by atoms with E-state index in [1.165, 1.54) is 0 Å². The van der Waals surface area contributed by atoms with Crippen molar-refractivity contribution in [2.24, 2.45) is 7.05 Å². The van der Waals surface area contributed by atoms with Crippen LogP contribution in [0.2, 0.25) is 0 Å². The largest absolute Gasteiger partial charge is 0.383 e. The summed E-state index contributed by atoms with van der Waals surface area (Å²) in [5.41, 5.74) is 1.57. The highest BCUT2D eigenvalue weighted by molar-refractivity contribution is 6.00. The molecule has 9 heteroatoms. The first kappa shape index (κ1) is 19.5. The van der Waals surface area contributed by atoms with E-state index in [9.17, 15) is 9.59 Å². The fourth-order valence-corrected chi connectivity index (χ4v) is 4.24. The molecule has 2 aromatic heterocycles. The first-order valence-corrected chi connectivity index (χ1v) is 9.83. The monoisotopic (exact) mass is 398 g/mol. The highest BCUT2D eigenvalue weighted by Gasteiger charge is 2.45. The zero-order valence-corrected chi connectivity index (χ0v) is 17.3. The Hall–Kier alpha value is -2.81. The summed E-state index contributed by atoms with van der Waals surface area (Å²) in [7, 11) is 3.40. The van der Waals surface area contributed by atoms with E-state index in [0.717, 1.165) is 24.1 Å². The molecular weight excluding hydrogens is 372 g/mol. The highest BCUT2D eigenvalue weighted by Crippen LogP contribution is 2.40. The number of fused-ring (bicyclic) bond motifs is 1. The minimum absolute atomic E-state index is 0.00599. The average molecular weight is 398 g/mol. The number of ether oxygens (including phenoxy) is 1. The summed E-state index contributed by atoms with van der Waals surface area (Å²) in [6.45, 7) is 5.43. The predicted octanol–water partition coefficient (Wildman–Crippen LogP) is 1.21. The molecular formula is C20H26N6O3. The molecule has 2 aliphatic heterocycles. The van der Waals surface area contributed by atoms with Crippen LogP contribution in [0.25, 0.3) is 0 Å². The summed E-state index contributed by atoms with van der Waals surface area (Å²) in [6.07, 6.45) is 5.25. The third-order valence-electron chi connectivity index (χ3n) is 5.92. The minimum atomic E-state index is -0.634. The average Bonchev–Trinajstić information content (AvgIpc) is 3.37. The molecule has 0 spiro atoms. The molecule has 2 aromatic rings. The summed E-state index contributed by atoms with van der Waals surface area (Å²) in [4.78, 5) is 38.7. The number of aryl methyl sites for hydroxylation is 2. The van der Waals surface area contributed by atoms with Crippen molar-refractivity contribution in [1.82, 2.24) is 24.6 Å². The molecule has 0 aliphatic carbocycles. The topological polar surface area (TPSA) is 93.5 Å². The van der Waals surface area contributed by atoms with Gasteiger partial charge >= 0.3 is 0 Å². The number of carbonyl (C=O) groups is 2. The lowest BCUT2D eigenvalue weighted by Gasteiger charge is -2.34. The summed E-state index contributed by atoms with van der Waals surface area (Å²) in [5, 5.41) is 4.12. The first-order chi connectivity index (χ1) is 13.8. The summed E-state index contributed by atoms with van der Waals surface area (Å²) in [5.74, 6) is 1.16. The summed E-state index contributed by atoms with van der Waals surface area (Å²) in [6, 6.07) is 0. The minimum Gasteiger partial charge on any atom is -0.383 e. The van der Waals surface area contributed by atoms with Gasteiger partial charge in [-0.2, -0.15) is 5.10 Å². The molecule has 1 unspecified atom stereocenters. The molecule has 154 valence electrons. The Balaban J connectivity index is 1.72. The Morgan fingerprint density at radius 2 is 2.14 bits per heavy atom. The third-order valence-corrected chi connectivity index (χ3v) is 5.92. The molecule has 2 aliphatic rings. The fourth-order valence-electron chi connectivity index (χ4n) is 4.24. The molecule has 0 N–H and O–H groups in total. The van der Waals surface area contributed by atoms with Crippen molar-refractivity contribution in [1.29, 1.82) is 0 Å². The van der Waals surface area contributed by atoms with E-state index >= 15 is 0 Å². The molecule has 1 saturated heterocycles. The number of hydrogen-bond acceptors (Lipinski definition) is 6. The lowest BCUT2D eigenvalue weighted by Crippen LogP contribution is -2.44. The van der Waals surface area contributed by atoms with Crippen LogP contribution in [-0.4, -0.2) is 63.3 Å². The van der Waals surface area contributed by atoms with Gasteiger partial charge in [-0.3, -0.25) is 19.2 Å². The lowest BCUT2D eigenvalue weighted by molar-refractivity contribution is -0.117. The van der Waals surface area contributed by atoms with Crippen molar-refractivity contribution in [2.75, 3.05) is 31.7 Å². The van der Waals surface area contributed by atoms with Crippen LogP contribution in [0.15, 0.2) is 12.4 Å². The zero-order valence-electron chi connectivity index (χ0n) is 17.3. The van der Waals surface area contributed by atoms with Gasteiger partial charge in [0.05, 0.1) is 31.3 Å². The zero-order chi connectivity index (χ0) is 20.8. The highest BCUT2D eigenvalue weighted by atomic mass is 16.5. The maximum Gasteiger partial charge on any atom is 0.257 e. The number of rotatable bonds is 5. The Kier molecular flexibility index (Phi) is 4.85. The fraction of sp³-hybridized carbons (Fsp3) is 0.550. The second-order valence-corrected chi connectivity index (χ2v) is 7.89. The standard InChI is InChI=1S/C20H26N6O3/c1-13-15-10-16(27)25(8-9-29-4)17(15)23-19(22-13)20(2)6-5-7-26(20)18(28)14-11-21-24(3)12-14/h11-12H,5-10H2,1-4H3. The number of hydrogen-bond donors (Lipinski definition) is 0. The van der Waals surface area contributed by atoms with Crippen LogP contribution in [-0.2, 0) is 28.5 Å². The van der Waals surface area contributed by atoms with Crippen LogP contribution in [0.3, 0.4) is 0 Å². The van der Waals surface area contributed by atoms with Gasteiger partial charge < -0.3 is 9.64 Å². The number of likely N-dealkylation sites (tertiary alicyclic amines) is 1. The van der Waals surface area contributed by atoms with Crippen molar-refractivity contribution >= 4 is 17.6 Å². The molecule has 4 heterocycles. The number of carbonyl (C=O) groups excluding carboxylic acids is 2. The van der Waals surface area contributed by atoms with Gasteiger partial charge in [-0.05, 0) is 26.7 Å². The Labute approximate surface area is 169 Å². The molecule has 9 nitrogen and oxygen atoms in total. The maximum atomic E-state index is 13.2. The second-order valence-electron chi connectivity index (χ2n) is 7.89. The van der Waals surface area contributed by atoms with E-state index in [-0.39, 0.29) is 11.8 Å². The predicted molar refractivity (Wildman–Crippen MR) is 106 cm³/mol. The Bertz CT molecular complexity index is 971. The van der Waals surface area contributed by atoms with Crippen LogP contribution < -0.4 is 4.90 Å². The van der Waals surface area contributed by atoms with Gasteiger partial charge in [-0.1, -0.05) is 0 Å². The van der Waals surface area contributed by atoms with E-state index in [4.69, 9.17) is 14.7 Å². The second kappa shape index (κ2) is 7.22. The van der Waals surface area contributed by atoms with Gasteiger partial charge in [0, 0.05) is 38.2 Å². The smallest absolute Gasteiger partial charge is 0.257 e.